The van der Waals surface area contributed by atoms with Crippen LogP contribution >= 0.6 is 0 Å². The van der Waals surface area contributed by atoms with Gasteiger partial charge in [-0.05, 0) is 25.0 Å². The lowest BCUT2D eigenvalue weighted by Crippen LogP contribution is -2.23. The zero-order valence-corrected chi connectivity index (χ0v) is 7.16. The van der Waals surface area contributed by atoms with Crippen molar-refractivity contribution in [2.24, 2.45) is 5.92 Å². The summed E-state index contributed by atoms with van der Waals surface area (Å²) in [5.41, 5.74) is 0.00667. The first-order chi connectivity index (χ1) is 6.29. The molecule has 1 heterocycles. The summed E-state index contributed by atoms with van der Waals surface area (Å²) in [5, 5.41) is 0. The Morgan fingerprint density at radius 2 is 2.31 bits per heavy atom. The molecule has 0 amide bonds. The van der Waals surface area contributed by atoms with E-state index in [2.05, 4.69) is 4.98 Å². The lowest BCUT2D eigenvalue weighted by Gasteiger charge is -2.23. The molecule has 1 aromatic rings. The molecule has 0 atom stereocenters. The van der Waals surface area contributed by atoms with Crippen molar-refractivity contribution in [3.8, 4) is 0 Å². The van der Waals surface area contributed by atoms with Crippen molar-refractivity contribution in [3.05, 3.63) is 29.8 Å². The third-order valence-corrected chi connectivity index (χ3v) is 2.47. The zero-order chi connectivity index (χ0) is 9.26. The van der Waals surface area contributed by atoms with E-state index >= 15 is 0 Å². The molecule has 2 rings (SSSR count). The molecule has 1 saturated carbocycles. The number of carbonyl (C=O) groups excluding carboxylic acids is 1. The van der Waals surface area contributed by atoms with Crippen LogP contribution < -0.4 is 0 Å². The summed E-state index contributed by atoms with van der Waals surface area (Å²) >= 11 is 0. The van der Waals surface area contributed by atoms with Gasteiger partial charge in [0, 0.05) is 12.1 Å². The van der Waals surface area contributed by atoms with E-state index in [0.717, 1.165) is 19.3 Å². The van der Waals surface area contributed by atoms with Gasteiger partial charge in [-0.2, -0.15) is 0 Å². The number of pyridine rings is 1. The predicted octanol–water partition coefficient (Wildman–Crippen LogP) is 2.20. The third kappa shape index (κ3) is 1.46. The van der Waals surface area contributed by atoms with Gasteiger partial charge in [0.1, 0.15) is 5.69 Å². The molecule has 1 aliphatic carbocycles. The van der Waals surface area contributed by atoms with Gasteiger partial charge in [-0.3, -0.25) is 9.78 Å². The van der Waals surface area contributed by atoms with E-state index < -0.39 is 5.82 Å². The Bertz CT molecular complexity index is 333. The molecule has 3 heteroatoms. The zero-order valence-electron chi connectivity index (χ0n) is 7.16. The molecule has 1 aliphatic rings. The summed E-state index contributed by atoms with van der Waals surface area (Å²) in [5.74, 6) is -0.617. The molecule has 0 N–H and O–H groups in total. The fourth-order valence-corrected chi connectivity index (χ4v) is 1.43. The van der Waals surface area contributed by atoms with E-state index in [1.54, 1.807) is 0 Å². The first kappa shape index (κ1) is 8.35. The SMILES string of the molecule is O=C(c1ncccc1F)C1CCC1. The molecule has 1 fully saturated rings. The maximum atomic E-state index is 13.1. The van der Waals surface area contributed by atoms with Gasteiger partial charge in [0.05, 0.1) is 0 Å². The lowest BCUT2D eigenvalue weighted by molar-refractivity contribution is 0.0845. The van der Waals surface area contributed by atoms with E-state index in [1.165, 1.54) is 18.3 Å². The Hall–Kier alpha value is -1.25. The molecule has 13 heavy (non-hydrogen) atoms. The number of hydrogen-bond acceptors (Lipinski definition) is 2. The minimum absolute atomic E-state index is 0.00667. The van der Waals surface area contributed by atoms with E-state index in [-0.39, 0.29) is 17.4 Å². The van der Waals surface area contributed by atoms with Crippen LogP contribution in [0.3, 0.4) is 0 Å². The molecule has 1 aromatic heterocycles. The summed E-state index contributed by atoms with van der Waals surface area (Å²) in [7, 11) is 0. The lowest BCUT2D eigenvalue weighted by atomic mass is 9.81. The van der Waals surface area contributed by atoms with Crippen LogP contribution in [0.2, 0.25) is 0 Å². The molecule has 0 aromatic carbocycles. The van der Waals surface area contributed by atoms with Crippen molar-refractivity contribution in [2.45, 2.75) is 19.3 Å². The van der Waals surface area contributed by atoms with Gasteiger partial charge in [-0.1, -0.05) is 6.42 Å². The van der Waals surface area contributed by atoms with Gasteiger partial charge < -0.3 is 0 Å². The van der Waals surface area contributed by atoms with Crippen molar-refractivity contribution in [2.75, 3.05) is 0 Å². The van der Waals surface area contributed by atoms with E-state index in [9.17, 15) is 9.18 Å². The Morgan fingerprint density at radius 3 is 2.85 bits per heavy atom. The summed E-state index contributed by atoms with van der Waals surface area (Å²) in [6, 6.07) is 2.77. The van der Waals surface area contributed by atoms with Crippen LogP contribution in [0.25, 0.3) is 0 Å². The van der Waals surface area contributed by atoms with Crippen molar-refractivity contribution < 1.29 is 9.18 Å². The number of ketones is 1. The van der Waals surface area contributed by atoms with Gasteiger partial charge in [-0.15, -0.1) is 0 Å². The van der Waals surface area contributed by atoms with Crippen molar-refractivity contribution in [1.82, 2.24) is 4.98 Å². The van der Waals surface area contributed by atoms with Crippen LogP contribution in [0.1, 0.15) is 29.8 Å². The van der Waals surface area contributed by atoms with Gasteiger partial charge in [0.2, 0.25) is 0 Å². The van der Waals surface area contributed by atoms with E-state index in [0.29, 0.717) is 0 Å². The number of nitrogens with zero attached hydrogens (tertiary/aromatic N) is 1. The third-order valence-electron chi connectivity index (χ3n) is 2.47. The predicted molar refractivity (Wildman–Crippen MR) is 45.9 cm³/mol. The molecule has 0 bridgehead atoms. The van der Waals surface area contributed by atoms with Crippen molar-refractivity contribution >= 4 is 5.78 Å². The van der Waals surface area contributed by atoms with Gasteiger partial charge in [0.15, 0.2) is 11.6 Å². The van der Waals surface area contributed by atoms with Gasteiger partial charge >= 0.3 is 0 Å². The maximum absolute atomic E-state index is 13.1. The molecule has 0 unspecified atom stereocenters. The largest absolute Gasteiger partial charge is 0.292 e. The van der Waals surface area contributed by atoms with E-state index in [4.69, 9.17) is 0 Å². The summed E-state index contributed by atoms with van der Waals surface area (Å²) in [4.78, 5) is 15.3. The maximum Gasteiger partial charge on any atom is 0.187 e. The normalized spacial score (nSPS) is 16.7. The number of rotatable bonds is 2. The van der Waals surface area contributed by atoms with Gasteiger partial charge in [0.25, 0.3) is 0 Å². The number of Topliss-reactive ketones (excluding diaryl/α,β-unsaturated/α-hetero) is 1. The second-order valence-electron chi connectivity index (χ2n) is 3.33. The average Bonchev–Trinajstić information content (AvgIpc) is 2.01. The summed E-state index contributed by atoms with van der Waals surface area (Å²) in [6.45, 7) is 0. The molecule has 0 radical (unpaired) electrons. The monoisotopic (exact) mass is 179 g/mol. The average molecular weight is 179 g/mol. The highest BCUT2D eigenvalue weighted by Crippen LogP contribution is 2.29. The molecule has 2 nitrogen and oxygen atoms in total. The fraction of sp³-hybridized carbons (Fsp3) is 0.400. The molecular weight excluding hydrogens is 169 g/mol. The minimum atomic E-state index is -0.501. The summed E-state index contributed by atoms with van der Waals surface area (Å²) in [6.07, 6.45) is 4.30. The minimum Gasteiger partial charge on any atom is -0.292 e. The Balaban J connectivity index is 2.24. The molecule has 0 spiro atoms. The highest BCUT2D eigenvalue weighted by atomic mass is 19.1. The second-order valence-corrected chi connectivity index (χ2v) is 3.33. The first-order valence-electron chi connectivity index (χ1n) is 4.44. The van der Waals surface area contributed by atoms with Gasteiger partial charge in [-0.25, -0.2) is 4.39 Å². The highest BCUT2D eigenvalue weighted by molar-refractivity contribution is 5.96. The smallest absolute Gasteiger partial charge is 0.187 e. The molecule has 68 valence electrons. The topological polar surface area (TPSA) is 30.0 Å². The Labute approximate surface area is 75.8 Å². The fourth-order valence-electron chi connectivity index (χ4n) is 1.43. The number of hydrogen-bond donors (Lipinski definition) is 0. The molecule has 0 aliphatic heterocycles. The van der Waals surface area contributed by atoms with Crippen LogP contribution in [-0.2, 0) is 0 Å². The van der Waals surface area contributed by atoms with Crippen LogP contribution in [0.5, 0.6) is 0 Å². The number of halogens is 1. The standard InChI is InChI=1S/C10H10FNO/c11-8-5-2-6-12-9(8)10(13)7-3-1-4-7/h2,5-7H,1,3-4H2. The number of aromatic nitrogens is 1. The Morgan fingerprint density at radius 1 is 1.54 bits per heavy atom. The van der Waals surface area contributed by atoms with Crippen LogP contribution in [0.15, 0.2) is 18.3 Å². The van der Waals surface area contributed by atoms with Crippen LogP contribution in [0, 0.1) is 11.7 Å². The Kier molecular flexibility index (Phi) is 2.08. The first-order valence-corrected chi connectivity index (χ1v) is 4.44. The number of carbonyl (C=O) groups is 1. The molecular formula is C10H10FNO. The van der Waals surface area contributed by atoms with E-state index in [1.807, 2.05) is 0 Å². The summed E-state index contributed by atoms with van der Waals surface area (Å²) < 4.78 is 13.1. The molecule has 0 saturated heterocycles. The second kappa shape index (κ2) is 3.24. The van der Waals surface area contributed by atoms with Crippen molar-refractivity contribution in [3.63, 3.8) is 0 Å². The van der Waals surface area contributed by atoms with Crippen LogP contribution in [-0.4, -0.2) is 10.8 Å². The van der Waals surface area contributed by atoms with Crippen LogP contribution in [0.4, 0.5) is 4.39 Å². The quantitative estimate of drug-likeness (QED) is 0.651. The van der Waals surface area contributed by atoms with Crippen molar-refractivity contribution in [1.29, 1.82) is 0 Å². The highest BCUT2D eigenvalue weighted by Gasteiger charge is 2.28.